The van der Waals surface area contributed by atoms with Gasteiger partial charge >= 0.3 is 0 Å². The van der Waals surface area contributed by atoms with Crippen LogP contribution in [0.3, 0.4) is 0 Å². The first-order valence-electron chi connectivity index (χ1n) is 11.2. The molecule has 0 bridgehead atoms. The molecule has 0 aliphatic rings. The number of amides is 2. The first kappa shape index (κ1) is 25.6. The Balaban J connectivity index is 1.72. The van der Waals surface area contributed by atoms with Crippen molar-refractivity contribution in [2.24, 2.45) is 5.41 Å². The van der Waals surface area contributed by atoms with Crippen LogP contribution < -0.4 is 15.4 Å². The Morgan fingerprint density at radius 3 is 2.31 bits per heavy atom. The lowest BCUT2D eigenvalue weighted by atomic mass is 9.96. The van der Waals surface area contributed by atoms with Gasteiger partial charge in [0.2, 0.25) is 5.91 Å². The number of nitrogens with zero attached hydrogens (tertiary/aromatic N) is 3. The number of aryl methyl sites for hydroxylation is 1. The molecule has 0 aliphatic heterocycles. The molecule has 36 heavy (non-hydrogen) atoms. The van der Waals surface area contributed by atoms with Crippen LogP contribution in [-0.4, -0.2) is 33.7 Å². The predicted octanol–water partition coefficient (Wildman–Crippen LogP) is 6.31. The molecule has 186 valence electrons. The zero-order valence-electron chi connectivity index (χ0n) is 20.5. The highest BCUT2D eigenvalue weighted by atomic mass is 79.9. The summed E-state index contributed by atoms with van der Waals surface area (Å²) in [6, 6.07) is 16.4. The monoisotopic (exact) mass is 567 g/mol. The lowest BCUT2D eigenvalue weighted by Gasteiger charge is -2.15. The summed E-state index contributed by atoms with van der Waals surface area (Å²) in [6.07, 6.45) is 0. The summed E-state index contributed by atoms with van der Waals surface area (Å²) in [4.78, 5) is 31.0. The zero-order chi connectivity index (χ0) is 26.0. The molecule has 0 fully saturated rings. The molecule has 0 saturated carbocycles. The lowest BCUT2D eigenvalue weighted by Crippen LogP contribution is -2.27. The number of rotatable bonds is 6. The van der Waals surface area contributed by atoms with Gasteiger partial charge in [0.25, 0.3) is 5.91 Å². The Hall–Kier alpha value is -3.50. The van der Waals surface area contributed by atoms with E-state index < -0.39 is 5.41 Å². The molecule has 2 aromatic carbocycles. The largest absolute Gasteiger partial charge is 0.497 e. The Bertz CT molecular complexity index is 1400. The molecule has 8 nitrogen and oxygen atoms in total. The topological polar surface area (TPSA) is 98.1 Å². The Morgan fingerprint density at radius 2 is 1.69 bits per heavy atom. The highest BCUT2D eigenvalue weighted by Crippen LogP contribution is 2.35. The normalized spacial score (nSPS) is 11.3. The molecule has 2 heterocycles. The van der Waals surface area contributed by atoms with Crippen molar-refractivity contribution in [1.82, 2.24) is 14.8 Å². The minimum absolute atomic E-state index is 0.122. The highest BCUT2D eigenvalue weighted by molar-refractivity contribution is 9.10. The number of halogens is 1. The lowest BCUT2D eigenvalue weighted by molar-refractivity contribution is -0.123. The standard InChI is InChI=1S/C26H26BrN5O3S/c1-15-22(36-25(28-15)30-24(34)26(2,3)4)21-14-20(31-32(21)18-10-6-16(27)7-11-18)23(33)29-17-8-12-19(35-5)13-9-17/h6-14H,1-5H3,(H,29,33)(H,28,30,34). The van der Waals surface area contributed by atoms with Crippen molar-refractivity contribution in [2.45, 2.75) is 27.7 Å². The maximum absolute atomic E-state index is 13.1. The van der Waals surface area contributed by atoms with E-state index in [1.807, 2.05) is 52.0 Å². The van der Waals surface area contributed by atoms with Crippen LogP contribution in [0.5, 0.6) is 5.75 Å². The van der Waals surface area contributed by atoms with E-state index in [2.05, 4.69) is 36.6 Å². The van der Waals surface area contributed by atoms with Crippen molar-refractivity contribution in [3.63, 3.8) is 0 Å². The summed E-state index contributed by atoms with van der Waals surface area (Å²) in [6.45, 7) is 7.41. The van der Waals surface area contributed by atoms with E-state index in [9.17, 15) is 9.59 Å². The fraction of sp³-hybridized carbons (Fsp3) is 0.231. The molecule has 0 saturated heterocycles. The number of carbonyl (C=O) groups is 2. The van der Waals surface area contributed by atoms with Gasteiger partial charge < -0.3 is 15.4 Å². The number of benzene rings is 2. The quantitative estimate of drug-likeness (QED) is 0.284. The van der Waals surface area contributed by atoms with Crippen LogP contribution in [0.4, 0.5) is 10.8 Å². The Morgan fingerprint density at radius 1 is 1.03 bits per heavy atom. The molecule has 0 aliphatic carbocycles. The summed E-state index contributed by atoms with van der Waals surface area (Å²) >= 11 is 4.80. The van der Waals surface area contributed by atoms with Gasteiger partial charge in [-0.15, -0.1) is 0 Å². The van der Waals surface area contributed by atoms with Crippen LogP contribution in [0.2, 0.25) is 0 Å². The van der Waals surface area contributed by atoms with E-state index in [1.54, 1.807) is 42.1 Å². The van der Waals surface area contributed by atoms with Crippen LogP contribution in [-0.2, 0) is 4.79 Å². The number of hydrogen-bond donors (Lipinski definition) is 2. The second-order valence-corrected chi connectivity index (χ2v) is 11.0. The van der Waals surface area contributed by atoms with Gasteiger partial charge in [0, 0.05) is 15.6 Å². The number of carbonyl (C=O) groups excluding carboxylic acids is 2. The van der Waals surface area contributed by atoms with Crippen molar-refractivity contribution in [1.29, 1.82) is 0 Å². The fourth-order valence-electron chi connectivity index (χ4n) is 3.27. The van der Waals surface area contributed by atoms with Gasteiger partial charge in [0.1, 0.15) is 5.75 Å². The number of anilines is 2. The van der Waals surface area contributed by atoms with Gasteiger partial charge in [-0.3, -0.25) is 9.59 Å². The second-order valence-electron chi connectivity index (χ2n) is 9.12. The summed E-state index contributed by atoms with van der Waals surface area (Å²) in [5.41, 5.74) is 2.53. The number of nitrogens with one attached hydrogen (secondary N) is 2. The first-order chi connectivity index (χ1) is 17.0. The highest BCUT2D eigenvalue weighted by Gasteiger charge is 2.25. The minimum Gasteiger partial charge on any atom is -0.497 e. The molecule has 2 aromatic heterocycles. The SMILES string of the molecule is COc1ccc(NC(=O)c2cc(-c3sc(NC(=O)C(C)(C)C)nc3C)n(-c3ccc(Br)cc3)n2)cc1. The molecule has 2 amide bonds. The summed E-state index contributed by atoms with van der Waals surface area (Å²) < 4.78 is 7.82. The third-order valence-electron chi connectivity index (χ3n) is 5.29. The maximum atomic E-state index is 13.1. The molecule has 2 N–H and O–H groups in total. The molecular weight excluding hydrogens is 542 g/mol. The number of thiazole rings is 1. The van der Waals surface area contributed by atoms with E-state index in [0.29, 0.717) is 22.3 Å². The van der Waals surface area contributed by atoms with E-state index in [0.717, 1.165) is 20.7 Å². The van der Waals surface area contributed by atoms with Crippen LogP contribution in [0.25, 0.3) is 16.3 Å². The molecule has 0 radical (unpaired) electrons. The summed E-state index contributed by atoms with van der Waals surface area (Å²) in [5, 5.41) is 10.9. The molecule has 4 rings (SSSR count). The maximum Gasteiger partial charge on any atom is 0.276 e. The number of hydrogen-bond acceptors (Lipinski definition) is 6. The zero-order valence-corrected chi connectivity index (χ0v) is 23.0. The minimum atomic E-state index is -0.550. The summed E-state index contributed by atoms with van der Waals surface area (Å²) in [5.74, 6) is 0.231. The third-order valence-corrected chi connectivity index (χ3v) is 6.92. The van der Waals surface area contributed by atoms with E-state index in [-0.39, 0.29) is 17.5 Å². The van der Waals surface area contributed by atoms with Crippen molar-refractivity contribution >= 4 is 49.9 Å². The molecule has 0 spiro atoms. The number of aromatic nitrogens is 3. The third kappa shape index (κ3) is 5.66. The van der Waals surface area contributed by atoms with Crippen LogP contribution in [0.15, 0.2) is 59.1 Å². The Labute approximate surface area is 221 Å². The Kier molecular flexibility index (Phi) is 7.28. The van der Waals surface area contributed by atoms with Gasteiger partial charge in [-0.25, -0.2) is 9.67 Å². The fourth-order valence-corrected chi connectivity index (χ4v) is 4.50. The van der Waals surface area contributed by atoms with Gasteiger partial charge in [0.05, 0.1) is 29.1 Å². The molecule has 4 aromatic rings. The van der Waals surface area contributed by atoms with Crippen LogP contribution in [0, 0.1) is 12.3 Å². The van der Waals surface area contributed by atoms with Crippen LogP contribution in [0.1, 0.15) is 37.0 Å². The van der Waals surface area contributed by atoms with Gasteiger partial charge in [-0.1, -0.05) is 48.0 Å². The second kappa shape index (κ2) is 10.2. The van der Waals surface area contributed by atoms with Gasteiger partial charge in [-0.2, -0.15) is 5.10 Å². The van der Waals surface area contributed by atoms with Crippen molar-refractivity contribution < 1.29 is 14.3 Å². The van der Waals surface area contributed by atoms with E-state index >= 15 is 0 Å². The smallest absolute Gasteiger partial charge is 0.276 e. The van der Waals surface area contributed by atoms with Crippen molar-refractivity contribution in [3.05, 3.63) is 70.5 Å². The number of methoxy groups -OCH3 is 1. The van der Waals surface area contributed by atoms with E-state index in [1.165, 1.54) is 11.3 Å². The molecular formula is C26H26BrN5O3S. The average Bonchev–Trinajstić information content (AvgIpc) is 3.43. The molecule has 10 heteroatoms. The summed E-state index contributed by atoms with van der Waals surface area (Å²) in [7, 11) is 1.59. The van der Waals surface area contributed by atoms with Gasteiger partial charge in [-0.05, 0) is 61.5 Å². The molecule has 0 atom stereocenters. The van der Waals surface area contributed by atoms with Crippen molar-refractivity contribution in [2.75, 3.05) is 17.7 Å². The van der Waals surface area contributed by atoms with Crippen molar-refractivity contribution in [3.8, 4) is 22.0 Å². The number of ether oxygens (including phenoxy) is 1. The molecule has 0 unspecified atom stereocenters. The van der Waals surface area contributed by atoms with E-state index in [4.69, 9.17) is 4.74 Å². The van der Waals surface area contributed by atoms with Gasteiger partial charge in [0.15, 0.2) is 10.8 Å². The average molecular weight is 568 g/mol. The first-order valence-corrected chi connectivity index (χ1v) is 12.8. The predicted molar refractivity (Wildman–Crippen MR) is 146 cm³/mol. The van der Waals surface area contributed by atoms with Crippen LogP contribution >= 0.6 is 27.3 Å².